The summed E-state index contributed by atoms with van der Waals surface area (Å²) in [5.41, 5.74) is 11.0. The number of aryl methyl sites for hydroxylation is 2. The molecule has 0 saturated heterocycles. The maximum absolute atomic E-state index is 6.08. The minimum absolute atomic E-state index is 0.453. The Morgan fingerprint density at radius 3 is 2.80 bits per heavy atom. The van der Waals surface area contributed by atoms with Gasteiger partial charge in [0.2, 0.25) is 5.88 Å². The molecule has 8 heteroatoms. The number of nitrogens with two attached hydrogens (primary N) is 1. The van der Waals surface area contributed by atoms with Crippen molar-refractivity contribution in [3.8, 4) is 5.88 Å². The minimum atomic E-state index is 0.453. The maximum atomic E-state index is 6.08. The van der Waals surface area contributed by atoms with Gasteiger partial charge in [-0.2, -0.15) is 0 Å². The molecule has 0 atom stereocenters. The minimum Gasteiger partial charge on any atom is -0.472 e. The number of benzene rings is 1. The highest BCUT2D eigenvalue weighted by Gasteiger charge is 2.24. The van der Waals surface area contributed by atoms with Crippen molar-refractivity contribution in [2.45, 2.75) is 45.8 Å². The second-order valence-electron chi connectivity index (χ2n) is 9.12. The van der Waals surface area contributed by atoms with Crippen LogP contribution in [-0.2, 0) is 13.2 Å². The van der Waals surface area contributed by atoms with Crippen LogP contribution in [0.4, 0.5) is 11.6 Å². The third-order valence-electron chi connectivity index (χ3n) is 6.66. The summed E-state index contributed by atoms with van der Waals surface area (Å²) >= 11 is 1.67. The van der Waals surface area contributed by atoms with Gasteiger partial charge in [0.05, 0.1) is 0 Å². The van der Waals surface area contributed by atoms with Gasteiger partial charge in [0.1, 0.15) is 29.4 Å². The molecule has 35 heavy (non-hydrogen) atoms. The molecule has 1 aromatic carbocycles. The molecule has 0 unspecified atom stereocenters. The summed E-state index contributed by atoms with van der Waals surface area (Å²) in [7, 11) is 0. The van der Waals surface area contributed by atoms with Crippen molar-refractivity contribution in [1.29, 1.82) is 0 Å². The number of aromatic nitrogens is 4. The molecule has 4 heterocycles. The van der Waals surface area contributed by atoms with Crippen molar-refractivity contribution in [2.75, 3.05) is 11.1 Å². The van der Waals surface area contributed by atoms with Gasteiger partial charge in [0.25, 0.3) is 0 Å². The molecule has 1 aliphatic carbocycles. The van der Waals surface area contributed by atoms with Gasteiger partial charge in [-0.1, -0.05) is 0 Å². The topological polar surface area (TPSA) is 98.8 Å². The van der Waals surface area contributed by atoms with Crippen molar-refractivity contribution in [3.63, 3.8) is 0 Å². The number of anilines is 2. The SMILES string of the molecule is Cc1cc2c(N)nccc2c(C)c1CNc1cc(OCc2cc3cc(C4CC4)cnc3s2)ncn1. The van der Waals surface area contributed by atoms with Crippen LogP contribution in [0.25, 0.3) is 21.0 Å². The smallest absolute Gasteiger partial charge is 0.218 e. The number of nitrogens with one attached hydrogen (secondary N) is 1. The van der Waals surface area contributed by atoms with Crippen molar-refractivity contribution < 1.29 is 4.74 Å². The van der Waals surface area contributed by atoms with E-state index in [0.29, 0.717) is 30.8 Å². The van der Waals surface area contributed by atoms with Crippen molar-refractivity contribution in [2.24, 2.45) is 0 Å². The Kier molecular flexibility index (Phi) is 5.45. The summed E-state index contributed by atoms with van der Waals surface area (Å²) in [5, 5.41) is 6.72. The van der Waals surface area contributed by atoms with Gasteiger partial charge < -0.3 is 15.8 Å². The van der Waals surface area contributed by atoms with Crippen LogP contribution in [0.1, 0.15) is 45.9 Å². The number of thiophene rings is 1. The molecule has 7 nitrogen and oxygen atoms in total. The quantitative estimate of drug-likeness (QED) is 0.298. The van der Waals surface area contributed by atoms with Gasteiger partial charge in [-0.15, -0.1) is 11.3 Å². The van der Waals surface area contributed by atoms with Crippen molar-refractivity contribution >= 4 is 44.0 Å². The molecule has 0 bridgehead atoms. The number of hydrogen-bond acceptors (Lipinski definition) is 8. The molecule has 0 aliphatic heterocycles. The van der Waals surface area contributed by atoms with Crippen LogP contribution >= 0.6 is 11.3 Å². The molecule has 3 N–H and O–H groups in total. The number of rotatable bonds is 7. The van der Waals surface area contributed by atoms with E-state index in [9.17, 15) is 0 Å². The van der Waals surface area contributed by atoms with E-state index in [1.165, 1.54) is 41.2 Å². The second kappa shape index (κ2) is 8.78. The van der Waals surface area contributed by atoms with Gasteiger partial charge in [-0.25, -0.2) is 19.9 Å². The predicted molar refractivity (Wildman–Crippen MR) is 141 cm³/mol. The Bertz CT molecular complexity index is 1560. The fourth-order valence-corrected chi connectivity index (χ4v) is 5.45. The zero-order chi connectivity index (χ0) is 23.9. The lowest BCUT2D eigenvalue weighted by atomic mass is 9.96. The van der Waals surface area contributed by atoms with E-state index in [1.807, 2.05) is 18.3 Å². The molecular formula is C27H26N6OS. The highest BCUT2D eigenvalue weighted by atomic mass is 32.1. The van der Waals surface area contributed by atoms with Crippen LogP contribution in [0.2, 0.25) is 0 Å². The highest BCUT2D eigenvalue weighted by Crippen LogP contribution is 2.41. The number of hydrogen-bond donors (Lipinski definition) is 2. The van der Waals surface area contributed by atoms with E-state index in [2.05, 4.69) is 57.3 Å². The molecule has 6 rings (SSSR count). The van der Waals surface area contributed by atoms with Crippen molar-refractivity contribution in [3.05, 3.63) is 76.2 Å². The first-order valence-corrected chi connectivity index (χ1v) is 12.6. The zero-order valence-electron chi connectivity index (χ0n) is 19.7. The molecule has 0 amide bonds. The first-order valence-electron chi connectivity index (χ1n) is 11.8. The molecule has 176 valence electrons. The summed E-state index contributed by atoms with van der Waals surface area (Å²) in [6.07, 6.45) is 7.86. The standard InChI is InChI=1S/C27H26N6OS/c1-15-7-22-21(5-6-29-26(22)28)16(2)23(15)12-30-24-10-25(33-14-32-24)34-13-20-9-18-8-19(17-3-4-17)11-31-27(18)35-20/h5-11,14,17H,3-4,12-13H2,1-2H3,(H2,28,29)(H,30,32,33). The van der Waals surface area contributed by atoms with Gasteiger partial charge in [0, 0.05) is 40.7 Å². The molecule has 5 aromatic rings. The van der Waals surface area contributed by atoms with Crippen LogP contribution in [-0.4, -0.2) is 19.9 Å². The maximum Gasteiger partial charge on any atom is 0.218 e. The van der Waals surface area contributed by atoms with Gasteiger partial charge >= 0.3 is 0 Å². The summed E-state index contributed by atoms with van der Waals surface area (Å²) < 4.78 is 5.99. The largest absolute Gasteiger partial charge is 0.472 e. The van der Waals surface area contributed by atoms with E-state index in [0.717, 1.165) is 31.9 Å². The van der Waals surface area contributed by atoms with Crippen molar-refractivity contribution in [1.82, 2.24) is 19.9 Å². The second-order valence-corrected chi connectivity index (χ2v) is 10.2. The Morgan fingerprint density at radius 1 is 1.06 bits per heavy atom. The number of nitrogens with zero attached hydrogens (tertiary/aromatic N) is 4. The summed E-state index contributed by atoms with van der Waals surface area (Å²) in [4.78, 5) is 19.7. The third-order valence-corrected chi connectivity index (χ3v) is 7.69. The molecule has 0 spiro atoms. The van der Waals surface area contributed by atoms with Gasteiger partial charge in [-0.3, -0.25) is 0 Å². The zero-order valence-corrected chi connectivity index (χ0v) is 20.5. The average molecular weight is 483 g/mol. The predicted octanol–water partition coefficient (Wildman–Crippen LogP) is 5.90. The lowest BCUT2D eigenvalue weighted by Crippen LogP contribution is -2.07. The normalized spacial score (nSPS) is 13.4. The van der Waals surface area contributed by atoms with Crippen LogP contribution < -0.4 is 15.8 Å². The monoisotopic (exact) mass is 482 g/mol. The van der Waals surface area contributed by atoms with E-state index < -0.39 is 0 Å². The van der Waals surface area contributed by atoms with Crippen LogP contribution in [0.3, 0.4) is 0 Å². The first-order chi connectivity index (χ1) is 17.0. The lowest BCUT2D eigenvalue weighted by Gasteiger charge is -2.15. The number of ether oxygens (including phenoxy) is 1. The molecule has 1 fully saturated rings. The summed E-state index contributed by atoms with van der Waals surface area (Å²) in [6.45, 7) is 5.30. The number of nitrogen functional groups attached to an aromatic ring is 1. The molecule has 0 radical (unpaired) electrons. The van der Waals surface area contributed by atoms with E-state index in [1.54, 1.807) is 17.5 Å². The Balaban J connectivity index is 1.15. The Hall–Kier alpha value is -3.78. The molecule has 1 saturated carbocycles. The van der Waals surface area contributed by atoms with Gasteiger partial charge in [0.15, 0.2) is 0 Å². The van der Waals surface area contributed by atoms with E-state index in [4.69, 9.17) is 10.5 Å². The third kappa shape index (κ3) is 4.37. The van der Waals surface area contributed by atoms with Crippen LogP contribution in [0.5, 0.6) is 5.88 Å². The fourth-order valence-electron chi connectivity index (χ4n) is 4.55. The Labute approximate surface area is 207 Å². The van der Waals surface area contributed by atoms with E-state index in [-0.39, 0.29) is 0 Å². The fraction of sp³-hybridized carbons (Fsp3) is 0.259. The number of pyridine rings is 2. The summed E-state index contributed by atoms with van der Waals surface area (Å²) in [5.74, 6) is 2.52. The van der Waals surface area contributed by atoms with Gasteiger partial charge in [-0.05, 0) is 84.5 Å². The van der Waals surface area contributed by atoms with Crippen LogP contribution in [0, 0.1) is 13.8 Å². The highest BCUT2D eigenvalue weighted by molar-refractivity contribution is 7.18. The molecule has 4 aromatic heterocycles. The van der Waals surface area contributed by atoms with E-state index >= 15 is 0 Å². The lowest BCUT2D eigenvalue weighted by molar-refractivity contribution is 0.297. The molecule has 1 aliphatic rings. The van der Waals surface area contributed by atoms with Crippen LogP contribution in [0.15, 0.2) is 49.1 Å². The first kappa shape index (κ1) is 21.7. The average Bonchev–Trinajstić information content (AvgIpc) is 3.63. The Morgan fingerprint density at radius 2 is 1.94 bits per heavy atom. The number of fused-ring (bicyclic) bond motifs is 2. The summed E-state index contributed by atoms with van der Waals surface area (Å²) in [6, 6.07) is 10.4. The molecular weight excluding hydrogens is 456 g/mol.